The second-order valence-corrected chi connectivity index (χ2v) is 4.58. The lowest BCUT2D eigenvalue weighted by Gasteiger charge is -2.25. The molecule has 1 aromatic carbocycles. The minimum absolute atomic E-state index is 0.0632. The molecule has 2 heterocycles. The summed E-state index contributed by atoms with van der Waals surface area (Å²) in [7, 11) is 0. The van der Waals surface area contributed by atoms with E-state index in [0.717, 1.165) is 11.3 Å². The molecule has 0 N–H and O–H groups in total. The summed E-state index contributed by atoms with van der Waals surface area (Å²) < 4.78 is 23.2. The van der Waals surface area contributed by atoms with Crippen molar-refractivity contribution in [3.8, 4) is 5.75 Å². The maximum atomic E-state index is 12.7. The Bertz CT molecular complexity index is 609. The van der Waals surface area contributed by atoms with Crippen molar-refractivity contribution >= 4 is 5.91 Å². The molecule has 2 aromatic rings. The molecule has 0 radical (unpaired) electrons. The fraction of sp³-hybridized carbons (Fsp3) is 0.286. The largest absolute Gasteiger partial charge is 0.484 e. The number of benzene rings is 1. The van der Waals surface area contributed by atoms with Gasteiger partial charge in [0.05, 0.1) is 12.7 Å². The van der Waals surface area contributed by atoms with Crippen LogP contribution in [0.2, 0.25) is 0 Å². The molecular formula is C14H13FN2O3. The van der Waals surface area contributed by atoms with Crippen LogP contribution < -0.4 is 4.74 Å². The van der Waals surface area contributed by atoms with Gasteiger partial charge in [-0.25, -0.2) is 4.39 Å². The molecule has 104 valence electrons. The van der Waals surface area contributed by atoms with Crippen LogP contribution in [-0.2, 0) is 17.8 Å². The van der Waals surface area contributed by atoms with Crippen LogP contribution in [0.5, 0.6) is 5.75 Å². The van der Waals surface area contributed by atoms with E-state index in [1.807, 2.05) is 0 Å². The third-order valence-corrected chi connectivity index (χ3v) is 3.23. The highest BCUT2D eigenvalue weighted by Crippen LogP contribution is 2.18. The predicted molar refractivity (Wildman–Crippen MR) is 67.5 cm³/mol. The van der Waals surface area contributed by atoms with Crippen LogP contribution in [0, 0.1) is 5.82 Å². The Hall–Kier alpha value is -2.37. The first-order valence-corrected chi connectivity index (χ1v) is 6.31. The van der Waals surface area contributed by atoms with Crippen molar-refractivity contribution in [2.75, 3.05) is 13.2 Å². The van der Waals surface area contributed by atoms with Crippen molar-refractivity contribution in [2.24, 2.45) is 0 Å². The average Bonchev–Trinajstić information content (AvgIpc) is 2.93. The molecule has 0 unspecified atom stereocenters. The number of ether oxygens (including phenoxy) is 1. The molecule has 1 aliphatic rings. The zero-order valence-electron chi connectivity index (χ0n) is 10.7. The quantitative estimate of drug-likeness (QED) is 0.857. The summed E-state index contributed by atoms with van der Waals surface area (Å²) in [5, 5.41) is 3.72. The Morgan fingerprint density at radius 3 is 3.00 bits per heavy atom. The molecule has 0 aliphatic carbocycles. The maximum absolute atomic E-state index is 12.7. The Morgan fingerprint density at radius 2 is 2.20 bits per heavy atom. The van der Waals surface area contributed by atoms with Gasteiger partial charge in [0, 0.05) is 18.5 Å². The molecule has 20 heavy (non-hydrogen) atoms. The van der Waals surface area contributed by atoms with Crippen LogP contribution in [0.4, 0.5) is 4.39 Å². The summed E-state index contributed by atoms with van der Waals surface area (Å²) >= 11 is 0. The van der Waals surface area contributed by atoms with E-state index in [2.05, 4.69) is 5.16 Å². The van der Waals surface area contributed by atoms with Gasteiger partial charge in [-0.15, -0.1) is 0 Å². The highest BCUT2D eigenvalue weighted by atomic mass is 19.1. The van der Waals surface area contributed by atoms with Gasteiger partial charge in [-0.1, -0.05) is 5.16 Å². The molecular weight excluding hydrogens is 263 g/mol. The molecule has 0 saturated heterocycles. The van der Waals surface area contributed by atoms with Gasteiger partial charge in [-0.05, 0) is 24.3 Å². The Labute approximate surface area is 114 Å². The minimum Gasteiger partial charge on any atom is -0.484 e. The van der Waals surface area contributed by atoms with Gasteiger partial charge in [0.1, 0.15) is 17.3 Å². The van der Waals surface area contributed by atoms with Crippen LogP contribution in [0.1, 0.15) is 11.3 Å². The molecule has 5 nitrogen and oxygen atoms in total. The molecule has 0 bridgehead atoms. The smallest absolute Gasteiger partial charge is 0.260 e. The van der Waals surface area contributed by atoms with Gasteiger partial charge in [-0.2, -0.15) is 0 Å². The van der Waals surface area contributed by atoms with Crippen LogP contribution >= 0.6 is 0 Å². The molecule has 1 aliphatic heterocycles. The van der Waals surface area contributed by atoms with Gasteiger partial charge in [-0.3, -0.25) is 4.79 Å². The zero-order valence-corrected chi connectivity index (χ0v) is 10.7. The van der Waals surface area contributed by atoms with Crippen LogP contribution in [0.25, 0.3) is 0 Å². The summed E-state index contributed by atoms with van der Waals surface area (Å²) in [4.78, 5) is 13.7. The first-order chi connectivity index (χ1) is 9.72. The normalized spacial score (nSPS) is 13.9. The van der Waals surface area contributed by atoms with Crippen molar-refractivity contribution in [3.05, 3.63) is 47.6 Å². The van der Waals surface area contributed by atoms with E-state index in [1.54, 1.807) is 11.1 Å². The molecule has 1 aromatic heterocycles. The maximum Gasteiger partial charge on any atom is 0.260 e. The van der Waals surface area contributed by atoms with Crippen LogP contribution in [0.3, 0.4) is 0 Å². The number of aromatic nitrogens is 1. The molecule has 1 amide bonds. The second-order valence-electron chi connectivity index (χ2n) is 4.58. The van der Waals surface area contributed by atoms with Crippen molar-refractivity contribution in [2.45, 2.75) is 13.0 Å². The summed E-state index contributed by atoms with van der Waals surface area (Å²) in [5.74, 6) is 0.872. The van der Waals surface area contributed by atoms with Crippen molar-refractivity contribution < 1.29 is 18.4 Å². The number of carbonyl (C=O) groups excluding carboxylic acids is 1. The number of amides is 1. The Balaban J connectivity index is 1.56. The van der Waals surface area contributed by atoms with E-state index in [4.69, 9.17) is 9.26 Å². The first kappa shape index (κ1) is 12.7. The van der Waals surface area contributed by atoms with E-state index in [9.17, 15) is 9.18 Å². The lowest BCUT2D eigenvalue weighted by atomic mass is 10.1. The monoisotopic (exact) mass is 276 g/mol. The Kier molecular flexibility index (Phi) is 3.37. The van der Waals surface area contributed by atoms with Gasteiger partial charge in [0.25, 0.3) is 5.91 Å². The van der Waals surface area contributed by atoms with Crippen molar-refractivity contribution in [3.63, 3.8) is 0 Å². The summed E-state index contributed by atoms with van der Waals surface area (Å²) in [5.41, 5.74) is 0.936. The van der Waals surface area contributed by atoms with Crippen molar-refractivity contribution in [1.82, 2.24) is 10.1 Å². The fourth-order valence-electron chi connectivity index (χ4n) is 2.12. The summed E-state index contributed by atoms with van der Waals surface area (Å²) in [6, 6.07) is 5.59. The third kappa shape index (κ3) is 2.64. The molecule has 0 atom stereocenters. The predicted octanol–water partition coefficient (Wildman–Crippen LogP) is 1.78. The fourth-order valence-corrected chi connectivity index (χ4v) is 2.12. The highest BCUT2D eigenvalue weighted by Gasteiger charge is 2.23. The number of halogens is 1. The number of hydrogen-bond donors (Lipinski definition) is 0. The highest BCUT2D eigenvalue weighted by molar-refractivity contribution is 5.78. The van der Waals surface area contributed by atoms with E-state index < -0.39 is 0 Å². The van der Waals surface area contributed by atoms with E-state index in [1.165, 1.54) is 24.3 Å². The lowest BCUT2D eigenvalue weighted by Crippen LogP contribution is -2.38. The summed E-state index contributed by atoms with van der Waals surface area (Å²) in [6.45, 7) is 1.02. The summed E-state index contributed by atoms with van der Waals surface area (Å²) in [6.07, 6.45) is 2.30. The number of fused-ring (bicyclic) bond motifs is 1. The number of carbonyl (C=O) groups is 1. The zero-order chi connectivity index (χ0) is 13.9. The Morgan fingerprint density at radius 1 is 1.40 bits per heavy atom. The van der Waals surface area contributed by atoms with E-state index >= 15 is 0 Å². The molecule has 0 saturated carbocycles. The number of nitrogens with zero attached hydrogens (tertiary/aromatic N) is 2. The van der Waals surface area contributed by atoms with Gasteiger partial charge in [0.2, 0.25) is 0 Å². The topological polar surface area (TPSA) is 55.6 Å². The standard InChI is InChI=1S/C14H13FN2O3/c15-11-1-3-12(4-2-11)19-9-14(18)17-6-5-13-10(8-17)7-16-20-13/h1-4,7H,5-6,8-9H2. The van der Waals surface area contributed by atoms with Gasteiger partial charge in [0.15, 0.2) is 6.61 Å². The van der Waals surface area contributed by atoms with Crippen molar-refractivity contribution in [1.29, 1.82) is 0 Å². The van der Waals surface area contributed by atoms with Crippen LogP contribution in [0.15, 0.2) is 35.0 Å². The number of rotatable bonds is 3. The average molecular weight is 276 g/mol. The molecule has 0 spiro atoms. The third-order valence-electron chi connectivity index (χ3n) is 3.23. The van der Waals surface area contributed by atoms with Crippen LogP contribution in [-0.4, -0.2) is 29.1 Å². The van der Waals surface area contributed by atoms with Gasteiger partial charge < -0.3 is 14.2 Å². The number of hydrogen-bond acceptors (Lipinski definition) is 4. The molecule has 3 rings (SSSR count). The minimum atomic E-state index is -0.334. The molecule has 6 heteroatoms. The van der Waals surface area contributed by atoms with Gasteiger partial charge >= 0.3 is 0 Å². The van der Waals surface area contributed by atoms with E-state index in [-0.39, 0.29) is 18.3 Å². The SMILES string of the molecule is O=C(COc1ccc(F)cc1)N1CCc2oncc2C1. The second kappa shape index (κ2) is 5.32. The van der Waals surface area contributed by atoms with E-state index in [0.29, 0.717) is 25.3 Å². The lowest BCUT2D eigenvalue weighted by molar-refractivity contribution is -0.134. The molecule has 0 fully saturated rings. The first-order valence-electron chi connectivity index (χ1n) is 6.31.